The SMILES string of the molecule is COC(=O)[C@H](Cc1ccc(O)cc1)N[C@@H](/C=C/C1CC1)[C@H](O)Cc1ccccc1. The summed E-state index contributed by atoms with van der Waals surface area (Å²) < 4.78 is 4.99. The fourth-order valence-corrected chi connectivity index (χ4v) is 3.30. The predicted octanol–water partition coefficient (Wildman–Crippen LogP) is 3.00. The van der Waals surface area contributed by atoms with Gasteiger partial charge in [0.25, 0.3) is 0 Å². The average molecular weight is 395 g/mol. The first-order chi connectivity index (χ1) is 14.0. The van der Waals surface area contributed by atoms with Crippen LogP contribution in [-0.2, 0) is 22.4 Å². The van der Waals surface area contributed by atoms with Crippen LogP contribution in [-0.4, -0.2) is 41.5 Å². The van der Waals surface area contributed by atoms with E-state index >= 15 is 0 Å². The third-order valence-electron chi connectivity index (χ3n) is 5.17. The zero-order chi connectivity index (χ0) is 20.6. The largest absolute Gasteiger partial charge is 0.508 e. The summed E-state index contributed by atoms with van der Waals surface area (Å²) in [6.07, 6.45) is 6.66. The molecule has 0 radical (unpaired) electrons. The number of aromatic hydroxyl groups is 1. The van der Waals surface area contributed by atoms with Gasteiger partial charge in [-0.25, -0.2) is 0 Å². The molecule has 5 nitrogen and oxygen atoms in total. The van der Waals surface area contributed by atoms with Gasteiger partial charge in [0.1, 0.15) is 11.8 Å². The summed E-state index contributed by atoms with van der Waals surface area (Å²) >= 11 is 0. The van der Waals surface area contributed by atoms with Gasteiger partial charge in [-0.15, -0.1) is 0 Å². The molecule has 1 aliphatic carbocycles. The number of rotatable bonds is 10. The zero-order valence-corrected chi connectivity index (χ0v) is 16.7. The standard InChI is InChI=1S/C24H29NO4/c1-29-24(28)22(15-19-9-12-20(26)13-10-19)25-21(14-11-17-7-8-17)23(27)16-18-5-3-2-4-6-18/h2-6,9-14,17,21-23,25-27H,7-8,15-16H2,1H3/b14-11+/t21-,22-,23+/m0/s1. The van der Waals surface area contributed by atoms with Crippen LogP contribution in [0.1, 0.15) is 24.0 Å². The number of carbonyl (C=O) groups excluding carboxylic acids is 1. The second kappa shape index (κ2) is 10.2. The van der Waals surface area contributed by atoms with E-state index in [1.165, 1.54) is 20.0 Å². The summed E-state index contributed by atoms with van der Waals surface area (Å²) in [6, 6.07) is 15.6. The maximum Gasteiger partial charge on any atom is 0.323 e. The third-order valence-corrected chi connectivity index (χ3v) is 5.17. The Kier molecular flexibility index (Phi) is 7.44. The quantitative estimate of drug-likeness (QED) is 0.426. The summed E-state index contributed by atoms with van der Waals surface area (Å²) in [5, 5.41) is 23.7. The van der Waals surface area contributed by atoms with Crippen molar-refractivity contribution in [3.63, 3.8) is 0 Å². The lowest BCUT2D eigenvalue weighted by Gasteiger charge is -2.26. The molecule has 2 aromatic rings. The highest BCUT2D eigenvalue weighted by molar-refractivity contribution is 5.76. The van der Waals surface area contributed by atoms with Crippen LogP contribution in [0, 0.1) is 5.92 Å². The number of phenols is 1. The van der Waals surface area contributed by atoms with Gasteiger partial charge < -0.3 is 14.9 Å². The van der Waals surface area contributed by atoms with E-state index < -0.39 is 12.1 Å². The van der Waals surface area contributed by atoms with Gasteiger partial charge in [0.2, 0.25) is 0 Å². The smallest absolute Gasteiger partial charge is 0.323 e. The fourth-order valence-electron chi connectivity index (χ4n) is 3.30. The van der Waals surface area contributed by atoms with Gasteiger partial charge in [0, 0.05) is 6.42 Å². The van der Waals surface area contributed by atoms with Gasteiger partial charge in [-0.2, -0.15) is 0 Å². The molecule has 0 spiro atoms. The van der Waals surface area contributed by atoms with Crippen molar-refractivity contribution in [1.82, 2.24) is 5.32 Å². The normalized spacial score (nSPS) is 17.0. The number of benzene rings is 2. The van der Waals surface area contributed by atoms with E-state index in [4.69, 9.17) is 4.74 Å². The van der Waals surface area contributed by atoms with Crippen LogP contribution in [0.4, 0.5) is 0 Å². The van der Waals surface area contributed by atoms with Gasteiger partial charge in [0.05, 0.1) is 19.3 Å². The molecule has 1 fully saturated rings. The molecule has 3 rings (SSSR count). The van der Waals surface area contributed by atoms with Crippen molar-refractivity contribution in [3.05, 3.63) is 77.9 Å². The van der Waals surface area contributed by atoms with Crippen molar-refractivity contribution >= 4 is 5.97 Å². The van der Waals surface area contributed by atoms with Crippen LogP contribution in [0.5, 0.6) is 5.75 Å². The Morgan fingerprint density at radius 2 is 1.76 bits per heavy atom. The molecule has 0 aromatic heterocycles. The number of aliphatic hydroxyl groups excluding tert-OH is 1. The molecular formula is C24H29NO4. The highest BCUT2D eigenvalue weighted by Crippen LogP contribution is 2.30. The number of nitrogens with one attached hydrogen (secondary N) is 1. The summed E-state index contributed by atoms with van der Waals surface area (Å²) in [5.74, 6) is 0.367. The first kappa shape index (κ1) is 21.1. The summed E-state index contributed by atoms with van der Waals surface area (Å²) in [7, 11) is 1.36. The molecule has 1 saturated carbocycles. The zero-order valence-electron chi connectivity index (χ0n) is 16.7. The molecule has 2 aromatic carbocycles. The Labute approximate surface area is 172 Å². The lowest BCUT2D eigenvalue weighted by atomic mass is 9.98. The van der Waals surface area contributed by atoms with E-state index in [9.17, 15) is 15.0 Å². The first-order valence-corrected chi connectivity index (χ1v) is 10.1. The molecule has 3 N–H and O–H groups in total. The molecule has 0 amide bonds. The summed E-state index contributed by atoms with van der Waals surface area (Å²) in [5.41, 5.74) is 1.94. The van der Waals surface area contributed by atoms with Crippen LogP contribution < -0.4 is 5.32 Å². The van der Waals surface area contributed by atoms with Crippen molar-refractivity contribution in [2.75, 3.05) is 7.11 Å². The minimum atomic E-state index is -0.681. The Morgan fingerprint density at radius 3 is 2.38 bits per heavy atom. The molecule has 3 atom stereocenters. The van der Waals surface area contributed by atoms with Crippen molar-refractivity contribution in [2.45, 2.75) is 43.9 Å². The number of hydrogen-bond donors (Lipinski definition) is 3. The Bertz CT molecular complexity index is 799. The number of aliphatic hydroxyl groups is 1. The monoisotopic (exact) mass is 395 g/mol. The van der Waals surface area contributed by atoms with Crippen molar-refractivity contribution in [3.8, 4) is 5.75 Å². The Balaban J connectivity index is 1.74. The molecule has 0 saturated heterocycles. The maximum atomic E-state index is 12.4. The molecule has 5 heteroatoms. The molecule has 0 heterocycles. The Hall–Kier alpha value is -2.63. The number of esters is 1. The number of methoxy groups -OCH3 is 1. The second-order valence-corrected chi connectivity index (χ2v) is 7.62. The lowest BCUT2D eigenvalue weighted by molar-refractivity contribution is -0.143. The summed E-state index contributed by atoms with van der Waals surface area (Å²) in [4.78, 5) is 12.4. The van der Waals surface area contributed by atoms with Crippen LogP contribution in [0.15, 0.2) is 66.7 Å². The highest BCUT2D eigenvalue weighted by atomic mass is 16.5. The van der Waals surface area contributed by atoms with Gasteiger partial charge in [-0.05, 0) is 48.4 Å². The molecule has 0 aliphatic heterocycles. The van der Waals surface area contributed by atoms with E-state index in [1.807, 2.05) is 36.4 Å². The van der Waals surface area contributed by atoms with E-state index in [2.05, 4.69) is 11.4 Å². The highest BCUT2D eigenvalue weighted by Gasteiger charge is 2.27. The molecule has 0 bridgehead atoms. The fraction of sp³-hybridized carbons (Fsp3) is 0.375. The summed E-state index contributed by atoms with van der Waals surface area (Å²) in [6.45, 7) is 0. The third kappa shape index (κ3) is 6.73. The molecule has 154 valence electrons. The lowest BCUT2D eigenvalue weighted by Crippen LogP contribution is -2.49. The second-order valence-electron chi connectivity index (χ2n) is 7.62. The van der Waals surface area contributed by atoms with E-state index in [1.54, 1.807) is 24.3 Å². The van der Waals surface area contributed by atoms with E-state index in [-0.39, 0.29) is 17.8 Å². The number of allylic oxidation sites excluding steroid dienone is 1. The van der Waals surface area contributed by atoms with Gasteiger partial charge in [-0.3, -0.25) is 10.1 Å². The topological polar surface area (TPSA) is 78.8 Å². The van der Waals surface area contributed by atoms with Crippen molar-refractivity contribution < 1.29 is 19.7 Å². The van der Waals surface area contributed by atoms with Gasteiger partial charge >= 0.3 is 5.97 Å². The van der Waals surface area contributed by atoms with Crippen LogP contribution >= 0.6 is 0 Å². The maximum absolute atomic E-state index is 12.4. The van der Waals surface area contributed by atoms with Gasteiger partial charge in [-0.1, -0.05) is 54.6 Å². The van der Waals surface area contributed by atoms with Crippen LogP contribution in [0.2, 0.25) is 0 Å². The first-order valence-electron chi connectivity index (χ1n) is 10.1. The average Bonchev–Trinajstić information content (AvgIpc) is 3.56. The molecular weight excluding hydrogens is 366 g/mol. The Morgan fingerprint density at radius 1 is 1.10 bits per heavy atom. The van der Waals surface area contributed by atoms with Crippen LogP contribution in [0.3, 0.4) is 0 Å². The minimum absolute atomic E-state index is 0.180. The van der Waals surface area contributed by atoms with Crippen molar-refractivity contribution in [2.24, 2.45) is 5.92 Å². The number of ether oxygens (including phenoxy) is 1. The number of hydrogen-bond acceptors (Lipinski definition) is 5. The predicted molar refractivity (Wildman–Crippen MR) is 113 cm³/mol. The van der Waals surface area contributed by atoms with Gasteiger partial charge in [0.15, 0.2) is 0 Å². The molecule has 29 heavy (non-hydrogen) atoms. The van der Waals surface area contributed by atoms with E-state index in [0.29, 0.717) is 18.8 Å². The minimum Gasteiger partial charge on any atom is -0.508 e. The van der Waals surface area contributed by atoms with Crippen LogP contribution in [0.25, 0.3) is 0 Å². The van der Waals surface area contributed by atoms with Crippen molar-refractivity contribution in [1.29, 1.82) is 0 Å². The number of carbonyl (C=O) groups is 1. The van der Waals surface area contributed by atoms with E-state index in [0.717, 1.165) is 11.1 Å². The molecule has 1 aliphatic rings. The molecule has 0 unspecified atom stereocenters. The number of phenolic OH excluding ortho intramolecular Hbond substituents is 1.